The first-order valence-corrected chi connectivity index (χ1v) is 13.4. The molecule has 1 aliphatic heterocycles. The predicted molar refractivity (Wildman–Crippen MR) is 152 cm³/mol. The van der Waals surface area contributed by atoms with Gasteiger partial charge in [0, 0.05) is 50.6 Å². The molecule has 1 aliphatic rings. The van der Waals surface area contributed by atoms with Gasteiger partial charge >= 0.3 is 6.03 Å². The molecule has 40 heavy (non-hydrogen) atoms. The second-order valence-electron chi connectivity index (χ2n) is 9.38. The maximum atomic E-state index is 14.1. The lowest BCUT2D eigenvalue weighted by Crippen LogP contribution is -2.38. The molecule has 2 N–H and O–H groups in total. The van der Waals surface area contributed by atoms with Gasteiger partial charge in [-0.25, -0.2) is 13.6 Å². The summed E-state index contributed by atoms with van der Waals surface area (Å²) in [4.78, 5) is 44.5. The molecule has 1 heterocycles. The highest BCUT2D eigenvalue weighted by Crippen LogP contribution is 2.28. The SMILES string of the molecule is CCN(CC)C(=O)c1cc(NC(=O)c2ccccc2F)ccc1N1CCCN(C(=O)Nc2ccccc2F)CC1. The van der Waals surface area contributed by atoms with Crippen LogP contribution in [0.15, 0.2) is 66.7 Å². The van der Waals surface area contributed by atoms with Crippen LogP contribution in [0.2, 0.25) is 0 Å². The number of amides is 4. The van der Waals surface area contributed by atoms with Crippen molar-refractivity contribution in [1.82, 2.24) is 9.80 Å². The van der Waals surface area contributed by atoms with Gasteiger partial charge in [0.1, 0.15) is 11.6 Å². The monoisotopic (exact) mass is 549 g/mol. The molecule has 0 aromatic heterocycles. The average Bonchev–Trinajstić information content (AvgIpc) is 3.21. The van der Waals surface area contributed by atoms with Crippen LogP contribution in [0.4, 0.5) is 30.6 Å². The lowest BCUT2D eigenvalue weighted by atomic mass is 10.1. The molecule has 3 aromatic carbocycles. The van der Waals surface area contributed by atoms with Gasteiger partial charge in [-0.3, -0.25) is 9.59 Å². The van der Waals surface area contributed by atoms with Gasteiger partial charge in [-0.2, -0.15) is 0 Å². The van der Waals surface area contributed by atoms with Crippen LogP contribution >= 0.6 is 0 Å². The van der Waals surface area contributed by atoms with Gasteiger partial charge in [-0.05, 0) is 62.7 Å². The van der Waals surface area contributed by atoms with Crippen molar-refractivity contribution < 1.29 is 23.2 Å². The molecule has 1 fully saturated rings. The minimum atomic E-state index is -0.635. The van der Waals surface area contributed by atoms with Crippen LogP contribution in [0.3, 0.4) is 0 Å². The van der Waals surface area contributed by atoms with Crippen molar-refractivity contribution in [2.75, 3.05) is 54.8 Å². The Morgan fingerprint density at radius 2 is 1.50 bits per heavy atom. The number of benzene rings is 3. The summed E-state index contributed by atoms with van der Waals surface area (Å²) >= 11 is 0. The van der Waals surface area contributed by atoms with E-state index in [9.17, 15) is 23.2 Å². The van der Waals surface area contributed by atoms with Crippen LogP contribution in [0.25, 0.3) is 0 Å². The third-order valence-electron chi connectivity index (χ3n) is 6.89. The molecule has 8 nitrogen and oxygen atoms in total. The van der Waals surface area contributed by atoms with Crippen molar-refractivity contribution in [3.8, 4) is 0 Å². The van der Waals surface area contributed by atoms with E-state index in [-0.39, 0.29) is 17.2 Å². The number of anilines is 3. The molecule has 0 unspecified atom stereocenters. The van der Waals surface area contributed by atoms with Gasteiger partial charge in [0.2, 0.25) is 0 Å². The van der Waals surface area contributed by atoms with Crippen molar-refractivity contribution in [2.24, 2.45) is 0 Å². The Hall–Kier alpha value is -4.47. The van der Waals surface area contributed by atoms with E-state index < -0.39 is 23.6 Å². The standard InChI is InChI=1S/C30H33F2N5O3/c1-3-35(4-2)29(39)23-20-21(33-28(38)22-10-5-6-11-24(22)31)14-15-27(23)36-16-9-17-37(19-18-36)30(40)34-26-13-8-7-12-25(26)32/h5-8,10-15,20H,3-4,9,16-19H2,1-2H3,(H,33,38)(H,34,40). The van der Waals surface area contributed by atoms with E-state index in [1.165, 1.54) is 30.3 Å². The third kappa shape index (κ3) is 6.56. The average molecular weight is 550 g/mol. The number of hydrogen-bond acceptors (Lipinski definition) is 4. The molecule has 210 valence electrons. The Morgan fingerprint density at radius 3 is 2.20 bits per heavy atom. The molecule has 3 aromatic rings. The van der Waals surface area contributed by atoms with Crippen LogP contribution in [0.1, 0.15) is 41.0 Å². The number of nitrogens with zero attached hydrogens (tertiary/aromatic N) is 3. The van der Waals surface area contributed by atoms with Crippen molar-refractivity contribution >= 4 is 34.9 Å². The Balaban J connectivity index is 1.55. The molecule has 4 rings (SSSR count). The van der Waals surface area contributed by atoms with Gasteiger partial charge in [0.15, 0.2) is 0 Å². The number of carbonyl (C=O) groups excluding carboxylic acids is 3. The zero-order valence-corrected chi connectivity index (χ0v) is 22.6. The quantitative estimate of drug-likeness (QED) is 0.411. The van der Waals surface area contributed by atoms with E-state index in [4.69, 9.17) is 0 Å². The second kappa shape index (κ2) is 13.1. The highest BCUT2D eigenvalue weighted by atomic mass is 19.1. The number of carbonyl (C=O) groups is 3. The highest BCUT2D eigenvalue weighted by molar-refractivity contribution is 6.06. The maximum Gasteiger partial charge on any atom is 0.321 e. The van der Waals surface area contributed by atoms with Crippen LogP contribution in [-0.4, -0.2) is 66.9 Å². The number of hydrogen-bond donors (Lipinski definition) is 2. The fourth-order valence-corrected chi connectivity index (χ4v) is 4.70. The van der Waals surface area contributed by atoms with Gasteiger partial charge in [0.05, 0.1) is 16.8 Å². The molecule has 1 saturated heterocycles. The number of nitrogens with one attached hydrogen (secondary N) is 2. The molecule has 0 saturated carbocycles. The zero-order chi connectivity index (χ0) is 28.6. The van der Waals surface area contributed by atoms with E-state index in [0.717, 1.165) is 0 Å². The van der Waals surface area contributed by atoms with Crippen molar-refractivity contribution in [2.45, 2.75) is 20.3 Å². The number of para-hydroxylation sites is 1. The first-order chi connectivity index (χ1) is 19.3. The summed E-state index contributed by atoms with van der Waals surface area (Å²) in [6.07, 6.45) is 0.634. The molecular formula is C30H33F2N5O3. The molecule has 4 amide bonds. The Morgan fingerprint density at radius 1 is 0.800 bits per heavy atom. The summed E-state index contributed by atoms with van der Waals surface area (Å²) in [6.45, 7) is 6.66. The van der Waals surface area contributed by atoms with Crippen LogP contribution < -0.4 is 15.5 Å². The first kappa shape index (κ1) is 28.5. The Kier molecular flexibility index (Phi) is 9.31. The van der Waals surface area contributed by atoms with E-state index in [0.29, 0.717) is 62.6 Å². The Labute approximate surface area is 232 Å². The summed E-state index contributed by atoms with van der Waals surface area (Å²) in [5.41, 5.74) is 1.47. The summed E-state index contributed by atoms with van der Waals surface area (Å²) in [5, 5.41) is 5.33. The molecule has 10 heteroatoms. The summed E-state index contributed by atoms with van der Waals surface area (Å²) in [7, 11) is 0. The number of rotatable bonds is 7. The van der Waals surface area contributed by atoms with Crippen molar-refractivity contribution in [3.63, 3.8) is 0 Å². The number of halogens is 2. The van der Waals surface area contributed by atoms with Gasteiger partial charge in [-0.1, -0.05) is 24.3 Å². The van der Waals surface area contributed by atoms with Crippen molar-refractivity contribution in [1.29, 1.82) is 0 Å². The van der Waals surface area contributed by atoms with Crippen molar-refractivity contribution in [3.05, 3.63) is 89.5 Å². The molecule has 0 atom stereocenters. The number of urea groups is 1. The largest absolute Gasteiger partial charge is 0.369 e. The van der Waals surface area contributed by atoms with E-state index >= 15 is 0 Å². The topological polar surface area (TPSA) is 85.0 Å². The lowest BCUT2D eigenvalue weighted by molar-refractivity contribution is 0.0773. The Bertz CT molecular complexity index is 1380. The zero-order valence-electron chi connectivity index (χ0n) is 22.6. The molecule has 0 radical (unpaired) electrons. The maximum absolute atomic E-state index is 14.1. The smallest absolute Gasteiger partial charge is 0.321 e. The van der Waals surface area contributed by atoms with E-state index in [1.807, 2.05) is 18.7 Å². The summed E-state index contributed by atoms with van der Waals surface area (Å²) in [6, 6.07) is 16.4. The molecule has 0 bridgehead atoms. The minimum absolute atomic E-state index is 0.0931. The van der Waals surface area contributed by atoms with Crippen LogP contribution in [0, 0.1) is 11.6 Å². The van der Waals surface area contributed by atoms with Gasteiger partial charge in [0.25, 0.3) is 11.8 Å². The normalized spacial score (nSPS) is 13.4. The summed E-state index contributed by atoms with van der Waals surface area (Å²) < 4.78 is 28.2. The van der Waals surface area contributed by atoms with Gasteiger partial charge in [-0.15, -0.1) is 0 Å². The molecule has 0 aliphatic carbocycles. The van der Waals surface area contributed by atoms with E-state index in [1.54, 1.807) is 46.2 Å². The fraction of sp³-hybridized carbons (Fsp3) is 0.300. The lowest BCUT2D eigenvalue weighted by Gasteiger charge is -2.28. The predicted octanol–water partition coefficient (Wildman–Crippen LogP) is 5.44. The second-order valence-corrected chi connectivity index (χ2v) is 9.38. The van der Waals surface area contributed by atoms with Gasteiger partial charge < -0.3 is 25.3 Å². The fourth-order valence-electron chi connectivity index (χ4n) is 4.70. The molecular weight excluding hydrogens is 516 g/mol. The van der Waals surface area contributed by atoms with E-state index in [2.05, 4.69) is 10.6 Å². The minimum Gasteiger partial charge on any atom is -0.369 e. The van der Waals surface area contributed by atoms with Crippen LogP contribution in [0.5, 0.6) is 0 Å². The highest BCUT2D eigenvalue weighted by Gasteiger charge is 2.25. The third-order valence-corrected chi connectivity index (χ3v) is 6.89. The first-order valence-electron chi connectivity index (χ1n) is 13.4. The molecule has 0 spiro atoms. The summed E-state index contributed by atoms with van der Waals surface area (Å²) in [5.74, 6) is -1.95. The van der Waals surface area contributed by atoms with Crippen LogP contribution in [-0.2, 0) is 0 Å².